The van der Waals surface area contributed by atoms with Crippen molar-refractivity contribution in [3.63, 3.8) is 0 Å². The summed E-state index contributed by atoms with van der Waals surface area (Å²) in [5.74, 6) is -1.45. The second-order valence-electron chi connectivity index (χ2n) is 23.0. The topological polar surface area (TPSA) is 155 Å². The van der Waals surface area contributed by atoms with Crippen LogP contribution in [0.1, 0.15) is 342 Å². The van der Waals surface area contributed by atoms with E-state index in [-0.39, 0.29) is 25.9 Å². The van der Waals surface area contributed by atoms with E-state index >= 15 is 0 Å². The number of rotatable bonds is 64. The number of carbonyl (C=O) groups excluding carboxylic acids is 3. The Morgan fingerprint density at radius 3 is 0.963 bits per heavy atom. The Labute approximate surface area is 492 Å². The Balaban J connectivity index is 4.66. The third kappa shape index (κ3) is 60.3. The summed E-state index contributed by atoms with van der Waals surface area (Å²) in [6.45, 7) is 4.68. The van der Waals surface area contributed by atoms with Crippen molar-refractivity contribution in [3.8, 4) is 0 Å². The lowest BCUT2D eigenvalue weighted by Crippen LogP contribution is -2.30. The highest BCUT2D eigenvalue weighted by Crippen LogP contribution is 2.43. The fourth-order valence-electron chi connectivity index (χ4n) is 9.86. The zero-order valence-corrected chi connectivity index (χ0v) is 53.2. The first-order valence-corrected chi connectivity index (χ1v) is 35.4. The average Bonchev–Trinajstić information content (AvgIpc) is 3.45. The first-order valence-electron chi connectivity index (χ1n) is 33.9. The largest absolute Gasteiger partial charge is 0.472 e. The van der Waals surface area contributed by atoms with Crippen molar-refractivity contribution in [1.29, 1.82) is 0 Å². The number of ether oxygens (including phenoxy) is 3. The molecule has 80 heavy (non-hydrogen) atoms. The van der Waals surface area contributed by atoms with Crippen molar-refractivity contribution in [2.45, 2.75) is 354 Å². The molecule has 3 atom stereocenters. The van der Waals surface area contributed by atoms with Crippen molar-refractivity contribution in [2.75, 3.05) is 26.4 Å². The molecule has 2 N–H and O–H groups in total. The van der Waals surface area contributed by atoms with Gasteiger partial charge in [0.2, 0.25) is 0 Å². The molecule has 0 aromatic rings. The normalized spacial score (nSPS) is 13.4. The molecule has 0 aliphatic carbocycles. The predicted octanol–water partition coefficient (Wildman–Crippen LogP) is 20.7. The minimum Gasteiger partial charge on any atom is -0.462 e. The zero-order valence-electron chi connectivity index (χ0n) is 52.3. The molecule has 0 aliphatic heterocycles. The number of hydrogen-bond donors (Lipinski definition) is 2. The molecule has 0 aromatic heterocycles. The van der Waals surface area contributed by atoms with Crippen LogP contribution in [-0.2, 0) is 42.2 Å². The lowest BCUT2D eigenvalue weighted by Gasteiger charge is -2.21. The van der Waals surface area contributed by atoms with Gasteiger partial charge in [-0.3, -0.25) is 23.4 Å². The number of carbonyl (C=O) groups is 3. The van der Waals surface area contributed by atoms with E-state index < -0.39 is 57.8 Å². The maximum absolute atomic E-state index is 13.0. The van der Waals surface area contributed by atoms with Crippen LogP contribution in [0.3, 0.4) is 0 Å². The summed E-state index contributed by atoms with van der Waals surface area (Å²) in [4.78, 5) is 48.8. The van der Waals surface area contributed by atoms with Crippen molar-refractivity contribution >= 4 is 25.7 Å². The minimum atomic E-state index is -4.75. The molecule has 0 heterocycles. The number of unbranched alkanes of at least 4 members (excludes halogenated alkanes) is 41. The molecule has 0 fully saturated rings. The number of allylic oxidation sites excluding steroid dienone is 6. The summed E-state index contributed by atoms with van der Waals surface area (Å²) >= 11 is 0. The van der Waals surface area contributed by atoms with E-state index in [1.165, 1.54) is 199 Å². The van der Waals surface area contributed by atoms with E-state index in [0.717, 1.165) is 83.5 Å². The third-order valence-corrected chi connectivity index (χ3v) is 16.0. The molecule has 0 aliphatic rings. The van der Waals surface area contributed by atoms with Gasteiger partial charge in [-0.25, -0.2) is 4.57 Å². The molecule has 0 saturated heterocycles. The van der Waals surface area contributed by atoms with Crippen LogP contribution in [0.25, 0.3) is 0 Å². The van der Waals surface area contributed by atoms with Gasteiger partial charge in [0.15, 0.2) is 6.10 Å². The number of phosphoric ester groups is 1. The number of aliphatic hydroxyl groups is 1. The van der Waals surface area contributed by atoms with Crippen molar-refractivity contribution in [1.82, 2.24) is 0 Å². The quantitative estimate of drug-likeness (QED) is 0.0197. The van der Waals surface area contributed by atoms with Crippen LogP contribution in [0.2, 0.25) is 0 Å². The van der Waals surface area contributed by atoms with Crippen LogP contribution in [-0.4, -0.2) is 66.5 Å². The molecule has 0 amide bonds. The minimum absolute atomic E-state index is 0.164. The van der Waals surface area contributed by atoms with E-state index in [0.29, 0.717) is 19.3 Å². The second-order valence-corrected chi connectivity index (χ2v) is 24.4. The molecule has 12 heteroatoms. The predicted molar refractivity (Wildman–Crippen MR) is 335 cm³/mol. The molecule has 0 rings (SSSR count). The highest BCUT2D eigenvalue weighted by molar-refractivity contribution is 7.47. The summed E-state index contributed by atoms with van der Waals surface area (Å²) in [6.07, 6.45) is 68.1. The summed E-state index contributed by atoms with van der Waals surface area (Å²) < 4.78 is 39.8. The highest BCUT2D eigenvalue weighted by atomic mass is 31.2. The van der Waals surface area contributed by atoms with E-state index in [1.807, 2.05) is 0 Å². The standard InChI is InChI=1S/C68H127O11P/c1-4-7-10-13-16-19-22-25-28-30-32-34-37-39-42-45-48-51-54-57-66(70)75-61-65(79-68(72)59-56-53-50-47-44-41-38-35-33-31-29-26-23-20-17-14-11-8-5-2)63-77-80(73,74)76-62-64(60-69)78-67(71)58-55-52-49-46-43-40-36-27-24-21-18-15-12-9-6-3/h18,21,26-27,29,36,64-65,69H,4-17,19-20,22-25,28,30-35,37-63H2,1-3H3,(H,73,74)/b21-18-,29-26-,36-27-. The first-order chi connectivity index (χ1) is 39.2. The van der Waals surface area contributed by atoms with Gasteiger partial charge in [-0.05, 0) is 77.0 Å². The van der Waals surface area contributed by atoms with Crippen LogP contribution in [0.15, 0.2) is 36.5 Å². The first kappa shape index (κ1) is 77.7. The van der Waals surface area contributed by atoms with Gasteiger partial charge in [0.25, 0.3) is 0 Å². The summed E-state index contributed by atoms with van der Waals surface area (Å²) in [6, 6.07) is 0. The van der Waals surface area contributed by atoms with Crippen LogP contribution >= 0.6 is 7.82 Å². The zero-order chi connectivity index (χ0) is 58.3. The van der Waals surface area contributed by atoms with Crippen LogP contribution in [0.4, 0.5) is 0 Å². The Morgan fingerprint density at radius 1 is 0.350 bits per heavy atom. The summed E-state index contributed by atoms with van der Waals surface area (Å²) in [7, 11) is -4.75. The summed E-state index contributed by atoms with van der Waals surface area (Å²) in [5, 5.41) is 9.85. The van der Waals surface area contributed by atoms with E-state index in [2.05, 4.69) is 57.2 Å². The Bertz CT molecular complexity index is 1480. The van der Waals surface area contributed by atoms with Gasteiger partial charge in [0, 0.05) is 19.3 Å². The monoisotopic (exact) mass is 1150 g/mol. The van der Waals surface area contributed by atoms with Crippen molar-refractivity contribution < 1.29 is 52.2 Å². The molecule has 3 unspecified atom stereocenters. The van der Waals surface area contributed by atoms with Crippen molar-refractivity contribution in [2.24, 2.45) is 0 Å². The molecular formula is C68H127O11P. The fourth-order valence-corrected chi connectivity index (χ4v) is 10.6. The number of aliphatic hydroxyl groups excluding tert-OH is 1. The SMILES string of the molecule is CCCCC/C=C\C/C=C\CCCCCCCC(=O)OC(CO)COP(=O)(O)OCC(COC(=O)CCCCCCCCCCCCCCCCCCCCC)OC(=O)CCCCCCCCCCC/C=C\CCCCCCCC. The van der Waals surface area contributed by atoms with Gasteiger partial charge >= 0.3 is 25.7 Å². The van der Waals surface area contributed by atoms with Gasteiger partial charge in [0.05, 0.1) is 19.8 Å². The smallest absolute Gasteiger partial charge is 0.462 e. The van der Waals surface area contributed by atoms with Gasteiger partial charge in [-0.1, -0.05) is 282 Å². The molecule has 470 valence electrons. The molecule has 0 aromatic carbocycles. The number of esters is 3. The van der Waals surface area contributed by atoms with Crippen LogP contribution in [0, 0.1) is 0 Å². The second kappa shape index (κ2) is 62.7. The Morgan fingerprint density at radius 2 is 0.613 bits per heavy atom. The lowest BCUT2D eigenvalue weighted by molar-refractivity contribution is -0.161. The molecule has 0 radical (unpaired) electrons. The van der Waals surface area contributed by atoms with Gasteiger partial charge in [0.1, 0.15) is 12.7 Å². The molecule has 0 bridgehead atoms. The van der Waals surface area contributed by atoms with Crippen LogP contribution in [0.5, 0.6) is 0 Å². The van der Waals surface area contributed by atoms with E-state index in [4.69, 9.17) is 23.3 Å². The molecular weight excluding hydrogens is 1020 g/mol. The third-order valence-electron chi connectivity index (χ3n) is 15.0. The molecule has 0 spiro atoms. The van der Waals surface area contributed by atoms with E-state index in [9.17, 15) is 28.9 Å². The number of hydrogen-bond acceptors (Lipinski definition) is 10. The lowest BCUT2D eigenvalue weighted by atomic mass is 10.0. The van der Waals surface area contributed by atoms with Crippen LogP contribution < -0.4 is 0 Å². The highest BCUT2D eigenvalue weighted by Gasteiger charge is 2.28. The molecule has 11 nitrogen and oxygen atoms in total. The summed E-state index contributed by atoms with van der Waals surface area (Å²) in [5.41, 5.74) is 0. The fraction of sp³-hybridized carbons (Fsp3) is 0.868. The maximum atomic E-state index is 13.0. The maximum Gasteiger partial charge on any atom is 0.472 e. The van der Waals surface area contributed by atoms with Gasteiger partial charge in [-0.2, -0.15) is 0 Å². The average molecular weight is 1150 g/mol. The molecule has 0 saturated carbocycles. The Hall–Kier alpha value is -2.30. The Kier molecular flexibility index (Phi) is 60.9. The van der Waals surface area contributed by atoms with Gasteiger partial charge in [-0.15, -0.1) is 0 Å². The van der Waals surface area contributed by atoms with E-state index in [1.54, 1.807) is 0 Å². The van der Waals surface area contributed by atoms with Crippen molar-refractivity contribution in [3.05, 3.63) is 36.5 Å². The number of phosphoric acid groups is 1. The van der Waals surface area contributed by atoms with Gasteiger partial charge < -0.3 is 24.2 Å².